The first-order chi connectivity index (χ1) is 14.8. The van der Waals surface area contributed by atoms with Gasteiger partial charge in [0.05, 0.1) is 30.4 Å². The van der Waals surface area contributed by atoms with Crippen molar-refractivity contribution in [1.29, 1.82) is 0 Å². The second-order valence-electron chi connectivity index (χ2n) is 8.88. The zero-order valence-electron chi connectivity index (χ0n) is 18.1. The minimum atomic E-state index is -1.82. The first-order valence-electron chi connectivity index (χ1n) is 11.0. The van der Waals surface area contributed by atoms with Crippen LogP contribution in [0.15, 0.2) is 24.3 Å². The zero-order valence-corrected chi connectivity index (χ0v) is 18.1. The van der Waals surface area contributed by atoms with Crippen LogP contribution < -0.4 is 10.6 Å². The summed E-state index contributed by atoms with van der Waals surface area (Å²) in [5.41, 5.74) is 0.859. The van der Waals surface area contributed by atoms with Crippen molar-refractivity contribution in [3.8, 4) is 0 Å². The number of hydrogen-bond donors (Lipinski definition) is 5. The van der Waals surface area contributed by atoms with E-state index in [-0.39, 0.29) is 17.8 Å². The van der Waals surface area contributed by atoms with Crippen LogP contribution >= 0.6 is 0 Å². The number of aliphatic hydroxyl groups excluding tert-OH is 2. The van der Waals surface area contributed by atoms with Crippen molar-refractivity contribution in [1.82, 2.24) is 10.6 Å². The maximum absolute atomic E-state index is 13.2. The number of rotatable bonds is 5. The van der Waals surface area contributed by atoms with Crippen molar-refractivity contribution < 1.29 is 33.9 Å². The molecule has 1 aromatic carbocycles. The predicted octanol–water partition coefficient (Wildman–Crippen LogP) is 0.241. The van der Waals surface area contributed by atoms with E-state index in [2.05, 4.69) is 10.6 Å². The van der Waals surface area contributed by atoms with E-state index in [1.54, 1.807) is 19.2 Å². The number of aliphatic hydroxyl groups is 3. The molecule has 0 amide bonds. The average molecular weight is 441 g/mol. The topological polar surface area (TPSA) is 112 Å². The third kappa shape index (κ3) is 4.14. The summed E-state index contributed by atoms with van der Waals surface area (Å²) in [6.07, 6.45) is -3.61. The molecule has 4 rings (SSSR count). The molecule has 0 radical (unpaired) electrons. The Kier molecular flexibility index (Phi) is 6.67. The standard InChI is InChI=1S/C22H33FN2O6/c1-4-14-17(26)16(24-3)19-20(18(14)27)30-21-22(28,31-19)15(9-11(2)29-21)25-10-12-5-7-13(23)8-6-12/h5-8,11,14-21,24-28H,4,9-10H2,1-3H3/t11-,14-,15-,16+,17+,18+,19?,20?,21?,22+/m1/s1. The van der Waals surface area contributed by atoms with Gasteiger partial charge in [0.15, 0.2) is 0 Å². The molecular weight excluding hydrogens is 407 g/mol. The van der Waals surface area contributed by atoms with Crippen LogP contribution in [0, 0.1) is 11.7 Å². The molecule has 3 unspecified atom stereocenters. The van der Waals surface area contributed by atoms with Crippen LogP contribution in [0.1, 0.15) is 32.3 Å². The van der Waals surface area contributed by atoms with Crippen molar-refractivity contribution in [3.05, 3.63) is 35.6 Å². The number of ether oxygens (including phenoxy) is 3. The van der Waals surface area contributed by atoms with Crippen LogP contribution in [0.25, 0.3) is 0 Å². The van der Waals surface area contributed by atoms with Crippen molar-refractivity contribution in [3.63, 3.8) is 0 Å². The summed E-state index contributed by atoms with van der Waals surface area (Å²) in [6.45, 7) is 4.18. The van der Waals surface area contributed by atoms with Crippen LogP contribution in [0.3, 0.4) is 0 Å². The SMILES string of the molecule is CC[C@@H]1[C@H](O)[C@H](NC)C2O[C@]3(O)C(OC2[C@H]1O)O[C@H](C)C[C@H]3NCc1ccc(F)cc1. The normalized spacial score (nSPS) is 45.1. The van der Waals surface area contributed by atoms with Crippen molar-refractivity contribution in [2.75, 3.05) is 7.05 Å². The van der Waals surface area contributed by atoms with Crippen LogP contribution in [-0.4, -0.2) is 77.0 Å². The maximum atomic E-state index is 13.2. The highest BCUT2D eigenvalue weighted by Gasteiger charge is 2.63. The summed E-state index contributed by atoms with van der Waals surface area (Å²) in [7, 11) is 1.71. The summed E-state index contributed by atoms with van der Waals surface area (Å²) in [4.78, 5) is 0. The van der Waals surface area contributed by atoms with Gasteiger partial charge in [-0.2, -0.15) is 0 Å². The van der Waals surface area contributed by atoms with Gasteiger partial charge in [-0.3, -0.25) is 0 Å². The largest absolute Gasteiger partial charge is 0.391 e. The molecular formula is C22H33FN2O6. The molecule has 174 valence electrons. The zero-order chi connectivity index (χ0) is 22.3. The second kappa shape index (κ2) is 8.99. The monoisotopic (exact) mass is 440 g/mol. The fourth-order valence-corrected chi connectivity index (χ4v) is 5.15. The van der Waals surface area contributed by atoms with Crippen molar-refractivity contribution >= 4 is 0 Å². The highest BCUT2D eigenvalue weighted by atomic mass is 19.1. The minimum Gasteiger partial charge on any atom is -0.391 e. The molecule has 1 saturated carbocycles. The third-order valence-electron chi connectivity index (χ3n) is 6.90. The molecule has 2 heterocycles. The molecule has 1 aliphatic carbocycles. The molecule has 0 bridgehead atoms. The lowest BCUT2D eigenvalue weighted by atomic mass is 9.74. The first kappa shape index (κ1) is 23.0. The number of nitrogens with one attached hydrogen (secondary N) is 2. The Morgan fingerprint density at radius 2 is 1.84 bits per heavy atom. The molecule has 3 fully saturated rings. The maximum Gasteiger partial charge on any atom is 0.234 e. The van der Waals surface area contributed by atoms with Crippen LogP contribution in [0.4, 0.5) is 4.39 Å². The molecule has 9 heteroatoms. The predicted molar refractivity (Wildman–Crippen MR) is 109 cm³/mol. The van der Waals surface area contributed by atoms with Crippen LogP contribution in [0.2, 0.25) is 0 Å². The fraction of sp³-hybridized carbons (Fsp3) is 0.727. The molecule has 8 nitrogen and oxygen atoms in total. The number of halogens is 1. The van der Waals surface area contributed by atoms with E-state index >= 15 is 0 Å². The van der Waals surface area contributed by atoms with E-state index in [9.17, 15) is 19.7 Å². The smallest absolute Gasteiger partial charge is 0.234 e. The van der Waals surface area contributed by atoms with E-state index < -0.39 is 48.6 Å². The molecule has 0 aromatic heterocycles. The van der Waals surface area contributed by atoms with Crippen LogP contribution in [-0.2, 0) is 20.8 Å². The highest BCUT2D eigenvalue weighted by molar-refractivity contribution is 5.16. The lowest BCUT2D eigenvalue weighted by Crippen LogP contribution is -2.77. The van der Waals surface area contributed by atoms with Gasteiger partial charge in [-0.1, -0.05) is 19.1 Å². The van der Waals surface area contributed by atoms with Gasteiger partial charge in [0.1, 0.15) is 18.0 Å². The minimum absolute atomic E-state index is 0.218. The molecule has 1 aromatic rings. The third-order valence-corrected chi connectivity index (χ3v) is 6.90. The van der Waals surface area contributed by atoms with Gasteiger partial charge in [0.2, 0.25) is 12.1 Å². The van der Waals surface area contributed by atoms with Gasteiger partial charge in [0.25, 0.3) is 0 Å². The van der Waals surface area contributed by atoms with E-state index in [1.807, 2.05) is 13.8 Å². The molecule has 2 saturated heterocycles. The average Bonchev–Trinajstić information content (AvgIpc) is 2.73. The Bertz CT molecular complexity index is 754. The van der Waals surface area contributed by atoms with E-state index in [1.165, 1.54) is 12.1 Å². The lowest BCUT2D eigenvalue weighted by molar-refractivity contribution is -0.451. The Hall–Kier alpha value is -1.17. The summed E-state index contributed by atoms with van der Waals surface area (Å²) in [6, 6.07) is 5.06. The molecule has 0 spiro atoms. The number of benzene rings is 1. The summed E-state index contributed by atoms with van der Waals surface area (Å²) in [5, 5.41) is 39.5. The number of fused-ring (bicyclic) bond motifs is 2. The summed E-state index contributed by atoms with van der Waals surface area (Å²) >= 11 is 0. The van der Waals surface area contributed by atoms with Gasteiger partial charge >= 0.3 is 0 Å². The summed E-state index contributed by atoms with van der Waals surface area (Å²) in [5.74, 6) is -2.52. The van der Waals surface area contributed by atoms with Crippen molar-refractivity contribution in [2.24, 2.45) is 5.92 Å². The lowest BCUT2D eigenvalue weighted by Gasteiger charge is -2.58. The van der Waals surface area contributed by atoms with E-state index in [4.69, 9.17) is 14.2 Å². The fourth-order valence-electron chi connectivity index (χ4n) is 5.15. The Balaban J connectivity index is 1.56. The Morgan fingerprint density at radius 1 is 1.13 bits per heavy atom. The van der Waals surface area contributed by atoms with Crippen molar-refractivity contribution in [2.45, 2.75) is 87.9 Å². The number of likely N-dealkylation sites (N-methyl/N-ethyl adjacent to an activating group) is 1. The van der Waals surface area contributed by atoms with Gasteiger partial charge < -0.3 is 40.2 Å². The second-order valence-corrected chi connectivity index (χ2v) is 8.88. The van der Waals surface area contributed by atoms with E-state index in [0.717, 1.165) is 5.56 Å². The van der Waals surface area contributed by atoms with Crippen LogP contribution in [0.5, 0.6) is 0 Å². The summed E-state index contributed by atoms with van der Waals surface area (Å²) < 4.78 is 31.4. The molecule has 3 aliphatic rings. The Morgan fingerprint density at radius 3 is 2.48 bits per heavy atom. The highest BCUT2D eigenvalue weighted by Crippen LogP contribution is 2.43. The molecule has 31 heavy (non-hydrogen) atoms. The van der Waals surface area contributed by atoms with Gasteiger partial charge in [-0.15, -0.1) is 0 Å². The van der Waals surface area contributed by atoms with Gasteiger partial charge in [0, 0.05) is 12.5 Å². The quantitative estimate of drug-likeness (QED) is 0.443. The molecule has 5 N–H and O–H groups in total. The van der Waals surface area contributed by atoms with Gasteiger partial charge in [-0.25, -0.2) is 4.39 Å². The first-order valence-corrected chi connectivity index (χ1v) is 11.0. The Labute approximate surface area is 181 Å². The molecule has 10 atom stereocenters. The van der Waals surface area contributed by atoms with E-state index in [0.29, 0.717) is 19.4 Å². The number of hydrogen-bond acceptors (Lipinski definition) is 8. The van der Waals surface area contributed by atoms with Gasteiger partial charge in [-0.05, 0) is 44.5 Å². The molecule has 2 aliphatic heterocycles.